The summed E-state index contributed by atoms with van der Waals surface area (Å²) in [5.41, 5.74) is 2.47. The molecule has 7 heteroatoms. The van der Waals surface area contributed by atoms with E-state index in [9.17, 15) is 4.79 Å². The lowest BCUT2D eigenvalue weighted by Crippen LogP contribution is -2.53. The maximum atomic E-state index is 12.6. The Morgan fingerprint density at radius 2 is 1.88 bits per heavy atom. The predicted molar refractivity (Wildman–Crippen MR) is 129 cm³/mol. The second-order valence-corrected chi connectivity index (χ2v) is 9.81. The van der Waals surface area contributed by atoms with Gasteiger partial charge in [-0.15, -0.1) is 0 Å². The molecule has 2 N–H and O–H groups in total. The first-order valence-corrected chi connectivity index (χ1v) is 12.0. The largest absolute Gasteiger partial charge is 0.493 e. The molecule has 0 bridgehead atoms. The average molecular weight is 502 g/mol. The summed E-state index contributed by atoms with van der Waals surface area (Å²) in [6.45, 7) is 1.58. The van der Waals surface area contributed by atoms with Crippen LogP contribution in [0.15, 0.2) is 46.9 Å². The number of hydrogen-bond donors (Lipinski definition) is 2. The number of ether oxygens (including phenoxy) is 2. The van der Waals surface area contributed by atoms with Crippen molar-refractivity contribution in [2.24, 2.45) is 0 Å². The number of hydrogen-bond acceptors (Lipinski definition) is 4. The molecule has 2 fully saturated rings. The van der Waals surface area contributed by atoms with Crippen LogP contribution in [0.5, 0.6) is 11.5 Å². The Labute approximate surface area is 198 Å². The highest BCUT2D eigenvalue weighted by Crippen LogP contribution is 2.49. The number of carbonyl (C=O) groups is 1. The summed E-state index contributed by atoms with van der Waals surface area (Å²) in [4.78, 5) is 15.0. The zero-order chi connectivity index (χ0) is 22.7. The summed E-state index contributed by atoms with van der Waals surface area (Å²) in [6, 6.07) is 14.8. The zero-order valence-electron chi connectivity index (χ0n) is 19.0. The van der Waals surface area contributed by atoms with Crippen LogP contribution in [0.4, 0.5) is 4.79 Å². The van der Waals surface area contributed by atoms with Crippen LogP contribution in [-0.2, 0) is 12.0 Å². The van der Waals surface area contributed by atoms with Crippen molar-refractivity contribution in [1.82, 2.24) is 15.5 Å². The maximum absolute atomic E-state index is 12.6. The molecule has 0 radical (unpaired) electrons. The van der Waals surface area contributed by atoms with Gasteiger partial charge in [-0.3, -0.25) is 0 Å². The fourth-order valence-corrected chi connectivity index (χ4v) is 5.68. The van der Waals surface area contributed by atoms with Crippen molar-refractivity contribution in [3.05, 3.63) is 58.1 Å². The number of likely N-dealkylation sites (tertiary alicyclic amines) is 1. The third-order valence-corrected chi connectivity index (χ3v) is 7.72. The van der Waals surface area contributed by atoms with Gasteiger partial charge in [-0.2, -0.15) is 0 Å². The molecule has 1 aliphatic carbocycles. The van der Waals surface area contributed by atoms with Crippen LogP contribution in [0.3, 0.4) is 0 Å². The Balaban J connectivity index is 1.42. The lowest BCUT2D eigenvalue weighted by atomic mass is 9.65. The van der Waals surface area contributed by atoms with Gasteiger partial charge in [0.15, 0.2) is 11.5 Å². The summed E-state index contributed by atoms with van der Waals surface area (Å²) < 4.78 is 12.0. The van der Waals surface area contributed by atoms with Crippen molar-refractivity contribution in [3.63, 3.8) is 0 Å². The Bertz CT molecular complexity index is 952. The van der Waals surface area contributed by atoms with Gasteiger partial charge in [-0.25, -0.2) is 4.79 Å². The summed E-state index contributed by atoms with van der Waals surface area (Å²) in [5, 5.41) is 6.21. The quantitative estimate of drug-likeness (QED) is 0.613. The predicted octanol–water partition coefficient (Wildman–Crippen LogP) is 4.46. The van der Waals surface area contributed by atoms with Gasteiger partial charge >= 0.3 is 6.03 Å². The first kappa shape index (κ1) is 22.9. The van der Waals surface area contributed by atoms with Gasteiger partial charge in [0, 0.05) is 28.5 Å². The van der Waals surface area contributed by atoms with Crippen LogP contribution in [0.25, 0.3) is 0 Å². The molecule has 1 heterocycles. The molecule has 1 saturated heterocycles. The smallest absolute Gasteiger partial charge is 0.315 e. The Morgan fingerprint density at radius 3 is 2.59 bits per heavy atom. The number of nitrogens with one attached hydrogen (secondary N) is 2. The lowest BCUT2D eigenvalue weighted by Gasteiger charge is -2.45. The number of fused-ring (bicyclic) bond motifs is 1. The van der Waals surface area contributed by atoms with E-state index in [-0.39, 0.29) is 17.5 Å². The van der Waals surface area contributed by atoms with Crippen molar-refractivity contribution < 1.29 is 14.3 Å². The van der Waals surface area contributed by atoms with E-state index in [2.05, 4.69) is 50.6 Å². The zero-order valence-corrected chi connectivity index (χ0v) is 20.6. The first-order chi connectivity index (χ1) is 15.4. The molecule has 6 nitrogen and oxygen atoms in total. The normalized spacial score (nSPS) is 25.1. The molecule has 1 aliphatic heterocycles. The van der Waals surface area contributed by atoms with Crippen LogP contribution in [0.2, 0.25) is 0 Å². The third-order valence-electron chi connectivity index (χ3n) is 7.19. The van der Waals surface area contributed by atoms with E-state index in [4.69, 9.17) is 9.47 Å². The number of methoxy groups -OCH3 is 2. The minimum Gasteiger partial charge on any atom is -0.493 e. The molecule has 2 amide bonds. The Morgan fingerprint density at radius 1 is 1.12 bits per heavy atom. The van der Waals surface area contributed by atoms with E-state index in [1.165, 1.54) is 5.56 Å². The molecule has 3 atom stereocenters. The molecule has 32 heavy (non-hydrogen) atoms. The SMILES string of the molecule is COc1ccc([C@@]23CC[C@@H](NC(=O)NCc4ccc(Br)cc4)C[C@@H]2N(C)CC3)cc1OC. The summed E-state index contributed by atoms with van der Waals surface area (Å²) >= 11 is 3.44. The summed E-state index contributed by atoms with van der Waals surface area (Å²) in [7, 11) is 5.55. The molecule has 0 aromatic heterocycles. The van der Waals surface area contributed by atoms with Crippen molar-refractivity contribution in [3.8, 4) is 11.5 Å². The van der Waals surface area contributed by atoms with Crippen molar-refractivity contribution in [2.45, 2.75) is 49.7 Å². The van der Waals surface area contributed by atoms with Crippen LogP contribution < -0.4 is 20.1 Å². The van der Waals surface area contributed by atoms with E-state index in [0.29, 0.717) is 12.6 Å². The van der Waals surface area contributed by atoms with Gasteiger partial charge in [0.2, 0.25) is 0 Å². The van der Waals surface area contributed by atoms with E-state index in [1.54, 1.807) is 14.2 Å². The van der Waals surface area contributed by atoms with Gasteiger partial charge in [0.25, 0.3) is 0 Å². The second kappa shape index (κ2) is 9.71. The van der Waals surface area contributed by atoms with Crippen LogP contribution in [-0.4, -0.2) is 50.8 Å². The molecule has 1 saturated carbocycles. The van der Waals surface area contributed by atoms with Crippen molar-refractivity contribution >= 4 is 22.0 Å². The van der Waals surface area contributed by atoms with E-state index in [0.717, 1.165) is 53.8 Å². The van der Waals surface area contributed by atoms with Gasteiger partial charge in [0.05, 0.1) is 14.2 Å². The summed E-state index contributed by atoms with van der Waals surface area (Å²) in [5.74, 6) is 1.54. The number of carbonyl (C=O) groups excluding carboxylic acids is 1. The molecular weight excluding hydrogens is 470 g/mol. The summed E-state index contributed by atoms with van der Waals surface area (Å²) in [6.07, 6.45) is 4.06. The Hall–Kier alpha value is -2.25. The highest BCUT2D eigenvalue weighted by molar-refractivity contribution is 9.10. The molecule has 2 aliphatic rings. The van der Waals surface area contributed by atoms with Crippen LogP contribution in [0.1, 0.15) is 36.8 Å². The molecule has 2 aromatic rings. The highest BCUT2D eigenvalue weighted by Gasteiger charge is 2.50. The topological polar surface area (TPSA) is 62.8 Å². The van der Waals surface area contributed by atoms with Crippen LogP contribution >= 0.6 is 15.9 Å². The number of halogens is 1. The standard InChI is InChI=1S/C25H32BrN3O3/c1-29-13-12-25(18-6-9-21(31-2)22(14-18)32-3)11-10-20(15-23(25)29)28-24(30)27-16-17-4-7-19(26)8-5-17/h4-9,14,20,23H,10-13,15-16H2,1-3H3,(H2,27,28,30)/t20-,23+,25+/m1/s1. The number of rotatable bonds is 6. The maximum Gasteiger partial charge on any atom is 0.315 e. The second-order valence-electron chi connectivity index (χ2n) is 8.90. The van der Waals surface area contributed by atoms with Gasteiger partial charge < -0.3 is 25.0 Å². The monoisotopic (exact) mass is 501 g/mol. The van der Waals surface area contributed by atoms with Crippen molar-refractivity contribution in [1.29, 1.82) is 0 Å². The molecule has 172 valence electrons. The minimum atomic E-state index is -0.0998. The minimum absolute atomic E-state index is 0.0837. The van der Waals surface area contributed by atoms with E-state index in [1.807, 2.05) is 30.3 Å². The van der Waals surface area contributed by atoms with Crippen LogP contribution in [0, 0.1) is 0 Å². The molecule has 0 spiro atoms. The Kier molecular flexibility index (Phi) is 6.96. The van der Waals surface area contributed by atoms with Gasteiger partial charge in [-0.05, 0) is 74.7 Å². The highest BCUT2D eigenvalue weighted by atomic mass is 79.9. The fraction of sp³-hybridized carbons (Fsp3) is 0.480. The van der Waals surface area contributed by atoms with Gasteiger partial charge in [0.1, 0.15) is 0 Å². The number of benzene rings is 2. The third kappa shape index (κ3) is 4.59. The number of urea groups is 1. The number of nitrogens with zero attached hydrogens (tertiary/aromatic N) is 1. The molecular formula is C25H32BrN3O3. The molecule has 4 rings (SSSR count). The van der Waals surface area contributed by atoms with Crippen molar-refractivity contribution in [2.75, 3.05) is 27.8 Å². The van der Waals surface area contributed by atoms with E-state index < -0.39 is 0 Å². The first-order valence-electron chi connectivity index (χ1n) is 11.2. The average Bonchev–Trinajstić information content (AvgIpc) is 3.15. The number of likely N-dealkylation sites (N-methyl/N-ethyl adjacent to an activating group) is 1. The molecule has 0 unspecified atom stereocenters. The molecule has 2 aromatic carbocycles. The van der Waals surface area contributed by atoms with E-state index >= 15 is 0 Å². The lowest BCUT2D eigenvalue weighted by molar-refractivity contribution is 0.154. The van der Waals surface area contributed by atoms with Gasteiger partial charge in [-0.1, -0.05) is 34.1 Å². The number of amides is 2. The fourth-order valence-electron chi connectivity index (χ4n) is 5.42.